The molecule has 0 N–H and O–H groups in total. The van der Waals surface area contributed by atoms with Gasteiger partial charge >= 0.3 is 0 Å². The number of allylic oxidation sites excluding steroid dienone is 1. The van der Waals surface area contributed by atoms with Crippen molar-refractivity contribution in [2.45, 2.75) is 6.04 Å². The van der Waals surface area contributed by atoms with E-state index in [-0.39, 0.29) is 16.7 Å². The number of hydrogen-bond acceptors (Lipinski definition) is 3. The lowest BCUT2D eigenvalue weighted by Crippen LogP contribution is -1.97. The molecule has 0 saturated heterocycles. The predicted molar refractivity (Wildman–Crippen MR) is 105 cm³/mol. The lowest BCUT2D eigenvalue weighted by molar-refractivity contribution is -0.385. The minimum Gasteiger partial charge on any atom is -0.280 e. The average Bonchev–Trinajstić information content (AvgIpc) is 2.69. The molecule has 0 spiro atoms. The molecule has 0 aromatic heterocycles. The van der Waals surface area contributed by atoms with Gasteiger partial charge in [0.15, 0.2) is 0 Å². The predicted octanol–water partition coefficient (Wildman–Crippen LogP) is 5.47. The van der Waals surface area contributed by atoms with Gasteiger partial charge < -0.3 is 0 Å². The summed E-state index contributed by atoms with van der Waals surface area (Å²) in [5.41, 5.74) is 2.82. The highest BCUT2D eigenvalue weighted by molar-refractivity contribution is 5.80. The first kappa shape index (κ1) is 17.3. The van der Waals surface area contributed by atoms with Crippen LogP contribution in [0.25, 0.3) is 6.08 Å². The second kappa shape index (κ2) is 8.53. The molecule has 128 valence electrons. The molecular formula is C22H18N2O2. The Bertz CT molecular complexity index is 880. The van der Waals surface area contributed by atoms with Crippen LogP contribution in [-0.2, 0) is 0 Å². The zero-order valence-corrected chi connectivity index (χ0v) is 14.1. The van der Waals surface area contributed by atoms with E-state index in [9.17, 15) is 10.1 Å². The number of nitro benzene ring substituents is 1. The molecule has 3 rings (SSSR count). The van der Waals surface area contributed by atoms with Crippen molar-refractivity contribution in [1.29, 1.82) is 0 Å². The maximum absolute atomic E-state index is 11.1. The molecule has 0 radical (unpaired) electrons. The molecule has 26 heavy (non-hydrogen) atoms. The molecule has 0 amide bonds. The fraction of sp³-hybridized carbons (Fsp3) is 0.0455. The second-order valence-electron chi connectivity index (χ2n) is 5.70. The average molecular weight is 342 g/mol. The van der Waals surface area contributed by atoms with Gasteiger partial charge in [0, 0.05) is 12.3 Å². The normalized spacial score (nSPS) is 11.4. The molecule has 3 aromatic rings. The van der Waals surface area contributed by atoms with Crippen LogP contribution in [0.4, 0.5) is 5.69 Å². The van der Waals surface area contributed by atoms with Crippen molar-refractivity contribution >= 4 is 18.0 Å². The number of nitrogens with zero attached hydrogens (tertiary/aromatic N) is 2. The van der Waals surface area contributed by atoms with Crippen LogP contribution in [0.3, 0.4) is 0 Å². The van der Waals surface area contributed by atoms with Crippen LogP contribution in [0, 0.1) is 10.1 Å². The summed E-state index contributed by atoms with van der Waals surface area (Å²) >= 11 is 0. The summed E-state index contributed by atoms with van der Waals surface area (Å²) < 4.78 is 0. The Morgan fingerprint density at radius 3 is 1.92 bits per heavy atom. The van der Waals surface area contributed by atoms with E-state index >= 15 is 0 Å². The van der Waals surface area contributed by atoms with Crippen molar-refractivity contribution in [3.63, 3.8) is 0 Å². The smallest absolute Gasteiger partial charge is 0.276 e. The van der Waals surface area contributed by atoms with E-state index in [1.807, 2.05) is 60.7 Å². The van der Waals surface area contributed by atoms with Gasteiger partial charge in [-0.05, 0) is 29.3 Å². The van der Waals surface area contributed by atoms with Gasteiger partial charge in [-0.25, -0.2) is 0 Å². The lowest BCUT2D eigenvalue weighted by atomic mass is 9.99. The molecule has 4 nitrogen and oxygen atoms in total. The van der Waals surface area contributed by atoms with Crippen molar-refractivity contribution in [3.8, 4) is 0 Å². The Morgan fingerprint density at radius 1 is 0.808 bits per heavy atom. The maximum atomic E-state index is 11.1. The molecule has 0 aliphatic rings. The fourth-order valence-electron chi connectivity index (χ4n) is 2.71. The first-order valence-electron chi connectivity index (χ1n) is 8.29. The highest BCUT2D eigenvalue weighted by Gasteiger charge is 2.11. The largest absolute Gasteiger partial charge is 0.280 e. The third kappa shape index (κ3) is 4.30. The zero-order valence-electron chi connectivity index (χ0n) is 14.1. The topological polar surface area (TPSA) is 55.5 Å². The molecule has 0 unspecified atom stereocenters. The Balaban J connectivity index is 1.85. The van der Waals surface area contributed by atoms with Crippen LogP contribution in [-0.4, -0.2) is 11.1 Å². The molecule has 0 aliphatic carbocycles. The first-order valence-corrected chi connectivity index (χ1v) is 8.29. The van der Waals surface area contributed by atoms with Crippen LogP contribution in [0.5, 0.6) is 0 Å². The van der Waals surface area contributed by atoms with Gasteiger partial charge in [-0.15, -0.1) is 0 Å². The minimum absolute atomic E-state index is 0.0832. The summed E-state index contributed by atoms with van der Waals surface area (Å²) in [5.74, 6) is 0. The van der Waals surface area contributed by atoms with Gasteiger partial charge in [0.2, 0.25) is 0 Å². The zero-order chi connectivity index (χ0) is 18.2. The van der Waals surface area contributed by atoms with Crippen LogP contribution in [0.15, 0.2) is 96.0 Å². The molecule has 0 saturated carbocycles. The summed E-state index contributed by atoms with van der Waals surface area (Å²) in [4.78, 5) is 15.4. The van der Waals surface area contributed by atoms with Gasteiger partial charge in [-0.3, -0.25) is 15.1 Å². The molecule has 3 aromatic carbocycles. The van der Waals surface area contributed by atoms with Gasteiger partial charge in [0.1, 0.15) is 0 Å². The SMILES string of the molecule is O=[N+]([O-])c1ccccc1/C=C/C=NC(c1ccccc1)c1ccccc1. The fourth-order valence-corrected chi connectivity index (χ4v) is 2.71. The molecule has 0 aliphatic heterocycles. The molecular weight excluding hydrogens is 324 g/mol. The molecule has 0 heterocycles. The Hall–Kier alpha value is -3.53. The third-order valence-corrected chi connectivity index (χ3v) is 3.96. The van der Waals surface area contributed by atoms with E-state index < -0.39 is 0 Å². The minimum atomic E-state index is -0.381. The van der Waals surface area contributed by atoms with E-state index in [1.165, 1.54) is 6.07 Å². The number of hydrogen-bond donors (Lipinski definition) is 0. The third-order valence-electron chi connectivity index (χ3n) is 3.96. The number of rotatable bonds is 6. The highest BCUT2D eigenvalue weighted by Crippen LogP contribution is 2.25. The number of nitro groups is 1. The summed E-state index contributed by atoms with van der Waals surface area (Å²) in [6.45, 7) is 0. The summed E-state index contributed by atoms with van der Waals surface area (Å²) in [5, 5.41) is 11.1. The van der Waals surface area contributed by atoms with Crippen molar-refractivity contribution in [2.24, 2.45) is 4.99 Å². The highest BCUT2D eigenvalue weighted by atomic mass is 16.6. The van der Waals surface area contributed by atoms with Crippen molar-refractivity contribution < 1.29 is 4.92 Å². The molecule has 0 bridgehead atoms. The van der Waals surface area contributed by atoms with Gasteiger partial charge in [0.05, 0.1) is 16.5 Å². The van der Waals surface area contributed by atoms with Gasteiger partial charge in [-0.2, -0.15) is 0 Å². The van der Waals surface area contributed by atoms with Crippen molar-refractivity contribution in [1.82, 2.24) is 0 Å². The van der Waals surface area contributed by atoms with Crippen LogP contribution in [0.2, 0.25) is 0 Å². The van der Waals surface area contributed by atoms with Crippen molar-refractivity contribution in [3.05, 3.63) is 118 Å². The maximum Gasteiger partial charge on any atom is 0.276 e. The quantitative estimate of drug-likeness (QED) is 0.339. The lowest BCUT2D eigenvalue weighted by Gasteiger charge is -2.12. The second-order valence-corrected chi connectivity index (χ2v) is 5.70. The van der Waals surface area contributed by atoms with Crippen molar-refractivity contribution in [2.75, 3.05) is 0 Å². The van der Waals surface area contributed by atoms with E-state index in [0.717, 1.165) is 11.1 Å². The molecule has 4 heteroatoms. The summed E-state index contributed by atoms with van der Waals surface area (Å²) in [6, 6.07) is 26.6. The van der Waals surface area contributed by atoms with E-state index in [2.05, 4.69) is 4.99 Å². The van der Waals surface area contributed by atoms with E-state index in [0.29, 0.717) is 5.56 Å². The van der Waals surface area contributed by atoms with Crippen LogP contribution < -0.4 is 0 Å². The number of aliphatic imine (C=N–C) groups is 1. The first-order chi connectivity index (χ1) is 12.8. The number of para-hydroxylation sites is 1. The summed E-state index contributed by atoms with van der Waals surface area (Å²) in [7, 11) is 0. The molecule has 0 fully saturated rings. The van der Waals surface area contributed by atoms with E-state index in [4.69, 9.17) is 0 Å². The Morgan fingerprint density at radius 2 is 1.35 bits per heavy atom. The van der Waals surface area contributed by atoms with Gasteiger partial charge in [0.25, 0.3) is 5.69 Å². The Kier molecular flexibility index (Phi) is 5.68. The van der Waals surface area contributed by atoms with Gasteiger partial charge in [-0.1, -0.05) is 72.8 Å². The molecule has 0 atom stereocenters. The van der Waals surface area contributed by atoms with Crippen LogP contribution >= 0.6 is 0 Å². The monoisotopic (exact) mass is 342 g/mol. The standard InChI is InChI=1S/C22H18N2O2/c25-24(26)21-16-8-7-10-18(21)15-9-17-23-22(19-11-3-1-4-12-19)20-13-5-2-6-14-20/h1-17,22H/b15-9+,23-17?. The summed E-state index contributed by atoms with van der Waals surface area (Å²) in [6.07, 6.45) is 5.14. The van der Waals surface area contributed by atoms with E-state index in [1.54, 1.807) is 36.6 Å². The van der Waals surface area contributed by atoms with Crippen LogP contribution in [0.1, 0.15) is 22.7 Å². The number of benzene rings is 3. The Labute approximate surface area is 152 Å².